The highest BCUT2D eigenvalue weighted by molar-refractivity contribution is 6.34. The van der Waals surface area contributed by atoms with Crippen molar-refractivity contribution in [2.75, 3.05) is 31.2 Å². The third-order valence-electron chi connectivity index (χ3n) is 7.23. The van der Waals surface area contributed by atoms with Crippen molar-refractivity contribution in [1.82, 2.24) is 14.8 Å². The summed E-state index contributed by atoms with van der Waals surface area (Å²) in [5, 5.41) is 1.85. The Morgan fingerprint density at radius 3 is 2.48 bits per heavy atom. The van der Waals surface area contributed by atoms with Crippen LogP contribution in [0.5, 0.6) is 0 Å². The summed E-state index contributed by atoms with van der Waals surface area (Å²) in [7, 11) is 0. The van der Waals surface area contributed by atoms with Gasteiger partial charge in [0, 0.05) is 29.9 Å². The van der Waals surface area contributed by atoms with E-state index in [1.165, 1.54) is 45.3 Å². The standard InChI is InChI=1S/C26H27ClN4/c27-22-16-21-8-9-23(20-6-2-1-3-7-20)28-24(21)17-25(22)30-14-15-31(19-30)26(10-4-11-26)18-29-12-5-13-29/h1-3,6-9,14-17H,4-5,10-13,18-19H2. The van der Waals surface area contributed by atoms with E-state index < -0.39 is 0 Å². The normalized spacial score (nSPS) is 20.2. The molecule has 0 N–H and O–H groups in total. The molecule has 1 aliphatic carbocycles. The summed E-state index contributed by atoms with van der Waals surface area (Å²) >= 11 is 6.74. The van der Waals surface area contributed by atoms with Gasteiger partial charge >= 0.3 is 0 Å². The number of anilines is 1. The van der Waals surface area contributed by atoms with Gasteiger partial charge in [-0.1, -0.05) is 48.0 Å². The van der Waals surface area contributed by atoms with Crippen molar-refractivity contribution in [1.29, 1.82) is 0 Å². The number of fused-ring (bicyclic) bond motifs is 1. The van der Waals surface area contributed by atoms with Crippen molar-refractivity contribution >= 4 is 28.2 Å². The number of pyridine rings is 1. The van der Waals surface area contributed by atoms with Gasteiger partial charge in [-0.3, -0.25) is 0 Å². The summed E-state index contributed by atoms with van der Waals surface area (Å²) in [5.74, 6) is 0. The van der Waals surface area contributed by atoms with Gasteiger partial charge in [0.05, 0.1) is 34.1 Å². The second-order valence-electron chi connectivity index (χ2n) is 9.15. The fourth-order valence-corrected chi connectivity index (χ4v) is 5.36. The lowest BCUT2D eigenvalue weighted by atomic mass is 9.74. The SMILES string of the molecule is Clc1cc2ccc(-c3ccccc3)nc2cc1N1C=CN(C2(CN3CCC3)CCC2)C1. The van der Waals surface area contributed by atoms with Gasteiger partial charge in [0.1, 0.15) is 0 Å². The average Bonchev–Trinajstić information content (AvgIpc) is 3.22. The molecule has 1 saturated heterocycles. The van der Waals surface area contributed by atoms with Crippen LogP contribution >= 0.6 is 11.6 Å². The Bertz CT molecular complexity index is 1130. The Balaban J connectivity index is 1.28. The molecule has 3 heterocycles. The lowest BCUT2D eigenvalue weighted by Crippen LogP contribution is -2.60. The van der Waals surface area contributed by atoms with Crippen LogP contribution in [0, 0.1) is 0 Å². The molecule has 4 nitrogen and oxygen atoms in total. The number of hydrogen-bond donors (Lipinski definition) is 0. The van der Waals surface area contributed by atoms with Crippen molar-refractivity contribution in [3.05, 3.63) is 72.0 Å². The molecular weight excluding hydrogens is 404 g/mol. The number of benzene rings is 2. The summed E-state index contributed by atoms with van der Waals surface area (Å²) in [4.78, 5) is 12.4. The molecule has 3 aromatic rings. The maximum absolute atomic E-state index is 6.74. The third kappa shape index (κ3) is 3.38. The first-order valence-corrected chi connectivity index (χ1v) is 11.7. The largest absolute Gasteiger partial charge is 0.351 e. The van der Waals surface area contributed by atoms with Gasteiger partial charge in [0.25, 0.3) is 0 Å². The molecule has 0 radical (unpaired) electrons. The maximum Gasteiger partial charge on any atom is 0.0948 e. The Labute approximate surface area is 188 Å². The topological polar surface area (TPSA) is 22.6 Å². The summed E-state index contributed by atoms with van der Waals surface area (Å²) in [6.45, 7) is 4.57. The first-order chi connectivity index (χ1) is 15.2. The molecule has 5 heteroatoms. The first kappa shape index (κ1) is 19.1. The molecule has 158 valence electrons. The van der Waals surface area contributed by atoms with Gasteiger partial charge in [0.2, 0.25) is 0 Å². The van der Waals surface area contributed by atoms with Gasteiger partial charge < -0.3 is 14.7 Å². The van der Waals surface area contributed by atoms with Crippen molar-refractivity contribution in [2.24, 2.45) is 0 Å². The van der Waals surface area contributed by atoms with Crippen molar-refractivity contribution in [3.8, 4) is 11.3 Å². The minimum absolute atomic E-state index is 0.299. The van der Waals surface area contributed by atoms with Crippen LogP contribution in [0.4, 0.5) is 5.69 Å². The Hall–Kier alpha value is -2.56. The zero-order valence-electron chi connectivity index (χ0n) is 17.7. The highest BCUT2D eigenvalue weighted by atomic mass is 35.5. The maximum atomic E-state index is 6.74. The molecule has 2 aliphatic heterocycles. The van der Waals surface area contributed by atoms with E-state index in [2.05, 4.69) is 69.6 Å². The Kier molecular flexibility index (Phi) is 4.66. The van der Waals surface area contributed by atoms with Crippen LogP contribution in [0.15, 0.2) is 67.0 Å². The van der Waals surface area contributed by atoms with E-state index in [1.807, 2.05) is 12.1 Å². The molecule has 1 aromatic heterocycles. The molecule has 1 saturated carbocycles. The van der Waals surface area contributed by atoms with Gasteiger partial charge in [-0.05, 0) is 57.0 Å². The van der Waals surface area contributed by atoms with Crippen LogP contribution in [-0.4, -0.2) is 46.6 Å². The molecular formula is C26H27ClN4. The smallest absolute Gasteiger partial charge is 0.0948 e. The molecule has 0 atom stereocenters. The second-order valence-corrected chi connectivity index (χ2v) is 9.55. The lowest BCUT2D eigenvalue weighted by Gasteiger charge is -2.52. The number of nitrogens with zero attached hydrogens (tertiary/aromatic N) is 4. The molecule has 3 aliphatic rings. The van der Waals surface area contributed by atoms with Crippen LogP contribution in [0.25, 0.3) is 22.2 Å². The van der Waals surface area contributed by atoms with Crippen LogP contribution in [0.2, 0.25) is 5.02 Å². The summed E-state index contributed by atoms with van der Waals surface area (Å²) in [6.07, 6.45) is 9.71. The van der Waals surface area contributed by atoms with Gasteiger partial charge in [-0.15, -0.1) is 0 Å². The van der Waals surface area contributed by atoms with E-state index >= 15 is 0 Å². The van der Waals surface area contributed by atoms with Crippen molar-refractivity contribution in [3.63, 3.8) is 0 Å². The average molecular weight is 431 g/mol. The quantitative estimate of drug-likeness (QED) is 0.515. The molecule has 0 spiro atoms. The summed E-state index contributed by atoms with van der Waals surface area (Å²) in [5.41, 5.74) is 4.43. The van der Waals surface area contributed by atoms with E-state index in [9.17, 15) is 0 Å². The van der Waals surface area contributed by atoms with Gasteiger partial charge in [-0.25, -0.2) is 4.98 Å². The highest BCUT2D eigenvalue weighted by Gasteiger charge is 2.45. The second kappa shape index (κ2) is 7.54. The first-order valence-electron chi connectivity index (χ1n) is 11.3. The zero-order valence-corrected chi connectivity index (χ0v) is 18.4. The van der Waals surface area contributed by atoms with Crippen LogP contribution in [0.3, 0.4) is 0 Å². The van der Waals surface area contributed by atoms with E-state index in [4.69, 9.17) is 16.6 Å². The fraction of sp³-hybridized carbons (Fsp3) is 0.346. The highest BCUT2D eigenvalue weighted by Crippen LogP contribution is 2.42. The van der Waals surface area contributed by atoms with Crippen LogP contribution < -0.4 is 4.90 Å². The van der Waals surface area contributed by atoms with E-state index in [0.29, 0.717) is 5.54 Å². The molecule has 31 heavy (non-hydrogen) atoms. The Morgan fingerprint density at radius 1 is 0.935 bits per heavy atom. The number of hydrogen-bond acceptors (Lipinski definition) is 4. The number of aromatic nitrogens is 1. The summed E-state index contributed by atoms with van der Waals surface area (Å²) < 4.78 is 0. The molecule has 0 amide bonds. The third-order valence-corrected chi connectivity index (χ3v) is 7.53. The van der Waals surface area contributed by atoms with Gasteiger partial charge in [0.15, 0.2) is 0 Å². The predicted molar refractivity (Wildman–Crippen MR) is 128 cm³/mol. The fourth-order valence-electron chi connectivity index (χ4n) is 5.08. The molecule has 0 bridgehead atoms. The number of halogens is 1. The van der Waals surface area contributed by atoms with Gasteiger partial charge in [-0.2, -0.15) is 0 Å². The van der Waals surface area contributed by atoms with Crippen LogP contribution in [-0.2, 0) is 0 Å². The summed E-state index contributed by atoms with van der Waals surface area (Å²) in [6, 6.07) is 18.7. The predicted octanol–water partition coefficient (Wildman–Crippen LogP) is 5.73. The molecule has 6 rings (SSSR count). The molecule has 0 unspecified atom stereocenters. The molecule has 2 fully saturated rings. The number of rotatable bonds is 5. The zero-order chi connectivity index (χ0) is 20.8. The van der Waals surface area contributed by atoms with Crippen molar-refractivity contribution in [2.45, 2.75) is 31.2 Å². The lowest BCUT2D eigenvalue weighted by molar-refractivity contribution is 0.00535. The monoisotopic (exact) mass is 430 g/mol. The Morgan fingerprint density at radius 2 is 1.77 bits per heavy atom. The van der Waals surface area contributed by atoms with Crippen LogP contribution in [0.1, 0.15) is 25.7 Å². The minimum atomic E-state index is 0.299. The van der Waals surface area contributed by atoms with E-state index in [-0.39, 0.29) is 0 Å². The van der Waals surface area contributed by atoms with E-state index in [0.717, 1.165) is 39.5 Å². The van der Waals surface area contributed by atoms with E-state index in [1.54, 1.807) is 0 Å². The van der Waals surface area contributed by atoms with Crippen molar-refractivity contribution < 1.29 is 0 Å². The molecule has 2 aromatic carbocycles. The number of likely N-dealkylation sites (tertiary alicyclic amines) is 1. The minimum Gasteiger partial charge on any atom is -0.351 e.